The number of carbonyl (C=O) groups is 1. The van der Waals surface area contributed by atoms with Crippen LogP contribution in [-0.2, 0) is 9.53 Å². The third-order valence-electron chi connectivity index (χ3n) is 4.89. The van der Waals surface area contributed by atoms with Crippen LogP contribution in [0.2, 0.25) is 0 Å². The third-order valence-corrected chi connectivity index (χ3v) is 4.89. The molecule has 4 nitrogen and oxygen atoms in total. The minimum Gasteiger partial charge on any atom is -0.378 e. The molecule has 0 aromatic carbocycles. The minimum absolute atomic E-state index is 0.238. The van der Waals surface area contributed by atoms with Crippen LogP contribution >= 0.6 is 0 Å². The second kappa shape index (κ2) is 4.82. The van der Waals surface area contributed by atoms with E-state index < -0.39 is 5.41 Å². The minimum atomic E-state index is -0.471. The molecule has 18 heavy (non-hydrogen) atoms. The normalized spacial score (nSPS) is 29.7. The fourth-order valence-electron chi connectivity index (χ4n) is 3.19. The average Bonchev–Trinajstić information content (AvgIpc) is 2.19. The van der Waals surface area contributed by atoms with Crippen LogP contribution in [0.4, 0.5) is 0 Å². The van der Waals surface area contributed by atoms with E-state index in [4.69, 9.17) is 10.5 Å². The molecule has 0 radical (unpaired) electrons. The predicted molar refractivity (Wildman–Crippen MR) is 71.1 cm³/mol. The lowest BCUT2D eigenvalue weighted by Gasteiger charge is -2.61. The van der Waals surface area contributed by atoms with Crippen molar-refractivity contribution >= 4 is 5.91 Å². The zero-order chi connectivity index (χ0) is 13.4. The SMILES string of the molecule is CCOC1CC(NCC(C)(C)C(N)=O)C12CCC2. The topological polar surface area (TPSA) is 64.3 Å². The van der Waals surface area contributed by atoms with Crippen molar-refractivity contribution in [3.63, 3.8) is 0 Å². The fourth-order valence-corrected chi connectivity index (χ4v) is 3.19. The van der Waals surface area contributed by atoms with E-state index in [1.54, 1.807) is 0 Å². The Labute approximate surface area is 110 Å². The van der Waals surface area contributed by atoms with Gasteiger partial charge in [0.2, 0.25) is 5.91 Å². The molecule has 0 saturated heterocycles. The lowest BCUT2D eigenvalue weighted by molar-refractivity contribution is -0.174. The van der Waals surface area contributed by atoms with Crippen molar-refractivity contribution in [1.82, 2.24) is 5.32 Å². The van der Waals surface area contributed by atoms with Crippen molar-refractivity contribution in [2.24, 2.45) is 16.6 Å². The number of carbonyl (C=O) groups excluding carboxylic acids is 1. The third kappa shape index (κ3) is 2.16. The van der Waals surface area contributed by atoms with Crippen LogP contribution in [0.1, 0.15) is 46.5 Å². The van der Waals surface area contributed by atoms with Gasteiger partial charge in [-0.3, -0.25) is 4.79 Å². The first kappa shape index (κ1) is 13.8. The summed E-state index contributed by atoms with van der Waals surface area (Å²) in [6.45, 7) is 7.31. The van der Waals surface area contributed by atoms with Crippen molar-refractivity contribution in [1.29, 1.82) is 0 Å². The number of rotatable bonds is 6. The average molecular weight is 254 g/mol. The molecule has 0 bridgehead atoms. The van der Waals surface area contributed by atoms with Gasteiger partial charge in [0.15, 0.2) is 0 Å². The molecule has 2 saturated carbocycles. The first-order valence-corrected chi connectivity index (χ1v) is 7.07. The van der Waals surface area contributed by atoms with Crippen LogP contribution in [-0.4, -0.2) is 31.2 Å². The number of primary amides is 1. The summed E-state index contributed by atoms with van der Waals surface area (Å²) in [6.07, 6.45) is 5.31. The zero-order valence-electron chi connectivity index (χ0n) is 11.8. The van der Waals surface area contributed by atoms with Crippen molar-refractivity contribution in [2.45, 2.75) is 58.6 Å². The maximum absolute atomic E-state index is 11.3. The number of amides is 1. The number of nitrogens with two attached hydrogens (primary N) is 1. The van der Waals surface area contributed by atoms with Crippen molar-refractivity contribution in [2.75, 3.05) is 13.2 Å². The van der Waals surface area contributed by atoms with Crippen molar-refractivity contribution in [3.05, 3.63) is 0 Å². The molecule has 2 rings (SSSR count). The quantitative estimate of drug-likeness (QED) is 0.754. The van der Waals surface area contributed by atoms with E-state index >= 15 is 0 Å². The van der Waals surface area contributed by atoms with E-state index in [2.05, 4.69) is 12.2 Å². The Morgan fingerprint density at radius 3 is 2.61 bits per heavy atom. The molecule has 2 aliphatic carbocycles. The van der Waals surface area contributed by atoms with Crippen LogP contribution in [0, 0.1) is 10.8 Å². The highest BCUT2D eigenvalue weighted by Gasteiger charge is 2.58. The molecular formula is C14H26N2O2. The summed E-state index contributed by atoms with van der Waals surface area (Å²) >= 11 is 0. The van der Waals surface area contributed by atoms with E-state index in [0.717, 1.165) is 13.0 Å². The van der Waals surface area contributed by atoms with E-state index in [9.17, 15) is 4.79 Å². The van der Waals surface area contributed by atoms with Crippen molar-refractivity contribution in [3.8, 4) is 0 Å². The van der Waals surface area contributed by atoms with Gasteiger partial charge >= 0.3 is 0 Å². The molecule has 2 fully saturated rings. The summed E-state index contributed by atoms with van der Waals surface area (Å²) in [7, 11) is 0. The Balaban J connectivity index is 1.87. The van der Waals surface area contributed by atoms with Crippen molar-refractivity contribution < 1.29 is 9.53 Å². The maximum Gasteiger partial charge on any atom is 0.224 e. The summed E-state index contributed by atoms with van der Waals surface area (Å²) in [6, 6.07) is 0.501. The van der Waals surface area contributed by atoms with E-state index in [0.29, 0.717) is 24.1 Å². The molecule has 2 aliphatic rings. The van der Waals surface area contributed by atoms with Gasteiger partial charge in [-0.2, -0.15) is 0 Å². The highest BCUT2D eigenvalue weighted by molar-refractivity contribution is 5.80. The van der Waals surface area contributed by atoms with Gasteiger partial charge in [0.1, 0.15) is 0 Å². The smallest absolute Gasteiger partial charge is 0.224 e. The summed E-state index contributed by atoms with van der Waals surface area (Å²) in [5.74, 6) is -0.238. The standard InChI is InChI=1S/C14H26N2O2/c1-4-18-11-8-10(14(11)6-5-7-14)16-9-13(2,3)12(15)17/h10-11,16H,4-9H2,1-3H3,(H2,15,17). The molecule has 0 heterocycles. The lowest BCUT2D eigenvalue weighted by Crippen LogP contribution is -2.67. The van der Waals surface area contributed by atoms with Gasteiger partial charge < -0.3 is 15.8 Å². The van der Waals surface area contributed by atoms with Gasteiger partial charge in [-0.05, 0) is 40.0 Å². The second-order valence-electron chi connectivity index (χ2n) is 6.45. The molecule has 104 valence electrons. The van der Waals surface area contributed by atoms with Gasteiger partial charge in [0.05, 0.1) is 11.5 Å². The van der Waals surface area contributed by atoms with E-state index in [-0.39, 0.29) is 5.91 Å². The Kier molecular flexibility index (Phi) is 3.70. The lowest BCUT2D eigenvalue weighted by atomic mass is 9.51. The van der Waals surface area contributed by atoms with Gasteiger partial charge in [-0.15, -0.1) is 0 Å². The molecular weight excluding hydrogens is 228 g/mol. The highest BCUT2D eigenvalue weighted by atomic mass is 16.5. The monoisotopic (exact) mass is 254 g/mol. The fraction of sp³-hybridized carbons (Fsp3) is 0.929. The molecule has 2 atom stereocenters. The summed E-state index contributed by atoms with van der Waals surface area (Å²) < 4.78 is 5.81. The molecule has 0 aromatic heterocycles. The van der Waals surface area contributed by atoms with Crippen LogP contribution in [0.3, 0.4) is 0 Å². The maximum atomic E-state index is 11.3. The molecule has 0 aliphatic heterocycles. The molecule has 3 N–H and O–H groups in total. The largest absolute Gasteiger partial charge is 0.378 e. The Morgan fingerprint density at radius 1 is 1.50 bits per heavy atom. The molecule has 4 heteroatoms. The predicted octanol–water partition coefficient (Wildman–Crippen LogP) is 1.44. The van der Waals surface area contributed by atoms with Gasteiger partial charge in [0, 0.05) is 24.6 Å². The van der Waals surface area contributed by atoms with Crippen LogP contribution in [0.15, 0.2) is 0 Å². The van der Waals surface area contributed by atoms with Crippen LogP contribution in [0.25, 0.3) is 0 Å². The zero-order valence-corrected chi connectivity index (χ0v) is 11.8. The molecule has 1 spiro atoms. The van der Waals surface area contributed by atoms with Gasteiger partial charge in [-0.25, -0.2) is 0 Å². The first-order chi connectivity index (χ1) is 8.42. The summed E-state index contributed by atoms with van der Waals surface area (Å²) in [5.41, 5.74) is 5.28. The number of hydrogen-bond acceptors (Lipinski definition) is 3. The Hall–Kier alpha value is -0.610. The van der Waals surface area contributed by atoms with E-state index in [1.807, 2.05) is 13.8 Å². The number of ether oxygens (including phenoxy) is 1. The van der Waals surface area contributed by atoms with Gasteiger partial charge in [-0.1, -0.05) is 6.42 Å². The van der Waals surface area contributed by atoms with Crippen LogP contribution < -0.4 is 11.1 Å². The first-order valence-electron chi connectivity index (χ1n) is 7.07. The van der Waals surface area contributed by atoms with E-state index in [1.165, 1.54) is 19.3 Å². The Morgan fingerprint density at radius 2 is 2.17 bits per heavy atom. The molecule has 2 unspecified atom stereocenters. The highest BCUT2D eigenvalue weighted by Crippen LogP contribution is 2.57. The Bertz CT molecular complexity index is 324. The number of hydrogen-bond donors (Lipinski definition) is 2. The summed E-state index contributed by atoms with van der Waals surface area (Å²) in [4.78, 5) is 11.3. The molecule has 1 amide bonds. The van der Waals surface area contributed by atoms with Gasteiger partial charge in [0.25, 0.3) is 0 Å². The molecule has 0 aromatic rings. The number of nitrogens with one attached hydrogen (secondary N) is 1. The summed E-state index contributed by atoms with van der Waals surface area (Å²) in [5, 5.41) is 3.54. The second-order valence-corrected chi connectivity index (χ2v) is 6.45. The van der Waals surface area contributed by atoms with Crippen LogP contribution in [0.5, 0.6) is 0 Å².